The van der Waals surface area contributed by atoms with E-state index in [2.05, 4.69) is 15.9 Å². The van der Waals surface area contributed by atoms with Crippen LogP contribution in [0.2, 0.25) is 0 Å². The number of imide groups is 1. The van der Waals surface area contributed by atoms with Gasteiger partial charge in [0.2, 0.25) is 5.91 Å². The first-order valence-corrected chi connectivity index (χ1v) is 10.1. The average molecular weight is 430 g/mol. The molecule has 25 heavy (non-hydrogen) atoms. The monoisotopic (exact) mass is 429 g/mol. The van der Waals surface area contributed by atoms with Crippen LogP contribution in [-0.4, -0.2) is 41.1 Å². The van der Waals surface area contributed by atoms with Crippen LogP contribution in [-0.2, 0) is 11.2 Å². The van der Waals surface area contributed by atoms with E-state index in [9.17, 15) is 9.59 Å². The third-order valence-electron chi connectivity index (χ3n) is 3.67. The highest BCUT2D eigenvalue weighted by atomic mass is 79.9. The molecule has 1 aromatic carbocycles. The van der Waals surface area contributed by atoms with E-state index >= 15 is 0 Å². The summed E-state index contributed by atoms with van der Waals surface area (Å²) in [5, 5.41) is -0.550. The van der Waals surface area contributed by atoms with E-state index in [0.29, 0.717) is 37.7 Å². The van der Waals surface area contributed by atoms with E-state index in [1.54, 1.807) is 0 Å². The molecule has 1 atom stereocenters. The van der Waals surface area contributed by atoms with Crippen molar-refractivity contribution in [1.29, 1.82) is 0 Å². The van der Waals surface area contributed by atoms with Crippen molar-refractivity contribution < 1.29 is 19.1 Å². The molecule has 1 aliphatic rings. The Bertz CT molecular complexity index is 650. The Hall–Kier alpha value is -1.21. The lowest BCUT2D eigenvalue weighted by atomic mass is 10.1. The minimum absolute atomic E-state index is 0.109. The summed E-state index contributed by atoms with van der Waals surface area (Å²) >= 11 is 4.65. The molecule has 0 saturated carbocycles. The first-order valence-electron chi connectivity index (χ1n) is 8.47. The maximum Gasteiger partial charge on any atom is 0.289 e. The van der Waals surface area contributed by atoms with Crippen LogP contribution in [0.15, 0.2) is 16.6 Å². The maximum absolute atomic E-state index is 12.6. The zero-order chi connectivity index (χ0) is 18.6. The highest BCUT2D eigenvalue weighted by Gasteiger charge is 2.39. The van der Waals surface area contributed by atoms with Gasteiger partial charge in [0.1, 0.15) is 0 Å². The number of nitrogens with zero attached hydrogens (tertiary/aromatic N) is 1. The molecule has 0 bridgehead atoms. The van der Waals surface area contributed by atoms with E-state index in [-0.39, 0.29) is 17.1 Å². The molecule has 0 radical (unpaired) electrons. The lowest BCUT2D eigenvalue weighted by Crippen LogP contribution is -2.35. The summed E-state index contributed by atoms with van der Waals surface area (Å²) in [7, 11) is 0. The number of thioether (sulfide) groups is 1. The molecule has 1 saturated heterocycles. The van der Waals surface area contributed by atoms with Gasteiger partial charge in [0.25, 0.3) is 5.24 Å². The maximum atomic E-state index is 12.6. The Morgan fingerprint density at radius 1 is 1.16 bits per heavy atom. The molecule has 7 heteroatoms. The number of halogens is 1. The lowest BCUT2D eigenvalue weighted by Gasteiger charge is -2.17. The highest BCUT2D eigenvalue weighted by Crippen LogP contribution is 2.37. The first-order chi connectivity index (χ1) is 11.9. The molecule has 0 aromatic heterocycles. The molecular formula is C18H24BrNO4S. The standard InChI is InChI=1S/C18H24BrNO4S/c1-5-23-14-7-12(13(19)9-15(14)24-6-2)8-16-17(21)20(10-11(3)4)18(22)25-16/h7,9,11,16H,5-6,8,10H2,1-4H3/t16-/m0/s1. The van der Waals surface area contributed by atoms with Crippen LogP contribution in [0.4, 0.5) is 4.79 Å². The number of hydrogen-bond donors (Lipinski definition) is 0. The lowest BCUT2D eigenvalue weighted by molar-refractivity contribution is -0.127. The van der Waals surface area contributed by atoms with E-state index < -0.39 is 5.25 Å². The van der Waals surface area contributed by atoms with Crippen LogP contribution in [0.5, 0.6) is 11.5 Å². The Labute approximate surface area is 161 Å². The molecule has 1 aliphatic heterocycles. The Morgan fingerprint density at radius 3 is 2.32 bits per heavy atom. The highest BCUT2D eigenvalue weighted by molar-refractivity contribution is 9.10. The summed E-state index contributed by atoms with van der Waals surface area (Å²) in [4.78, 5) is 26.1. The zero-order valence-corrected chi connectivity index (χ0v) is 17.4. The van der Waals surface area contributed by atoms with E-state index in [1.807, 2.05) is 39.8 Å². The molecule has 1 aromatic rings. The van der Waals surface area contributed by atoms with Crippen molar-refractivity contribution in [3.05, 3.63) is 22.2 Å². The fraction of sp³-hybridized carbons (Fsp3) is 0.556. The van der Waals surface area contributed by atoms with E-state index in [0.717, 1.165) is 21.8 Å². The van der Waals surface area contributed by atoms with Crippen molar-refractivity contribution in [2.45, 2.75) is 39.4 Å². The molecule has 0 spiro atoms. The largest absolute Gasteiger partial charge is 0.490 e. The van der Waals surface area contributed by atoms with Gasteiger partial charge in [-0.25, -0.2) is 0 Å². The summed E-state index contributed by atoms with van der Waals surface area (Å²) in [6.07, 6.45) is 0.469. The average Bonchev–Trinajstić information content (AvgIpc) is 2.79. The molecular weight excluding hydrogens is 406 g/mol. The van der Waals surface area contributed by atoms with Crippen molar-refractivity contribution in [2.75, 3.05) is 19.8 Å². The summed E-state index contributed by atoms with van der Waals surface area (Å²) in [6, 6.07) is 3.75. The Morgan fingerprint density at radius 2 is 1.76 bits per heavy atom. The SMILES string of the molecule is CCOc1cc(Br)c(C[C@@H]2SC(=O)N(CC(C)C)C2=O)cc1OCC. The van der Waals surface area contributed by atoms with Crippen molar-refractivity contribution in [3.8, 4) is 11.5 Å². The van der Waals surface area contributed by atoms with Gasteiger partial charge in [-0.05, 0) is 43.9 Å². The van der Waals surface area contributed by atoms with Crippen LogP contribution in [0.1, 0.15) is 33.3 Å². The van der Waals surface area contributed by atoms with Crippen LogP contribution < -0.4 is 9.47 Å². The minimum atomic E-state index is -0.394. The van der Waals surface area contributed by atoms with Gasteiger partial charge >= 0.3 is 0 Å². The predicted molar refractivity (Wildman–Crippen MR) is 104 cm³/mol. The topological polar surface area (TPSA) is 55.8 Å². The number of carbonyl (C=O) groups is 2. The van der Waals surface area contributed by atoms with Crippen LogP contribution >= 0.6 is 27.7 Å². The molecule has 1 heterocycles. The number of hydrogen-bond acceptors (Lipinski definition) is 5. The Kier molecular flexibility index (Phi) is 7.19. The number of benzene rings is 1. The molecule has 2 amide bonds. The van der Waals surface area contributed by atoms with Crippen molar-refractivity contribution >= 4 is 38.8 Å². The normalized spacial score (nSPS) is 17.5. The third kappa shape index (κ3) is 4.91. The molecule has 138 valence electrons. The van der Waals surface area contributed by atoms with Gasteiger partial charge in [0.05, 0.1) is 18.5 Å². The number of rotatable bonds is 8. The van der Waals surface area contributed by atoms with Crippen LogP contribution in [0, 0.1) is 5.92 Å². The van der Waals surface area contributed by atoms with Gasteiger partial charge in [0, 0.05) is 11.0 Å². The van der Waals surface area contributed by atoms with E-state index in [1.165, 1.54) is 4.90 Å². The second-order valence-corrected chi connectivity index (χ2v) is 8.18. The second kappa shape index (κ2) is 8.94. The molecule has 5 nitrogen and oxygen atoms in total. The number of carbonyl (C=O) groups excluding carboxylic acids is 2. The van der Waals surface area contributed by atoms with Crippen LogP contribution in [0.25, 0.3) is 0 Å². The summed E-state index contributed by atoms with van der Waals surface area (Å²) in [6.45, 7) is 9.36. The second-order valence-electron chi connectivity index (χ2n) is 6.18. The quantitative estimate of drug-likeness (QED) is 0.608. The van der Waals surface area contributed by atoms with Gasteiger partial charge < -0.3 is 9.47 Å². The van der Waals surface area contributed by atoms with Crippen molar-refractivity contribution in [3.63, 3.8) is 0 Å². The molecule has 1 fully saturated rings. The minimum Gasteiger partial charge on any atom is -0.490 e. The summed E-state index contributed by atoms with van der Waals surface area (Å²) < 4.78 is 12.1. The summed E-state index contributed by atoms with van der Waals surface area (Å²) in [5.74, 6) is 1.47. The number of ether oxygens (including phenoxy) is 2. The van der Waals surface area contributed by atoms with Gasteiger partial charge in [0.15, 0.2) is 11.5 Å². The number of amides is 2. The summed E-state index contributed by atoms with van der Waals surface area (Å²) in [5.41, 5.74) is 0.928. The molecule has 0 N–H and O–H groups in total. The van der Waals surface area contributed by atoms with Crippen molar-refractivity contribution in [1.82, 2.24) is 4.90 Å². The van der Waals surface area contributed by atoms with Gasteiger partial charge in [-0.1, -0.05) is 41.5 Å². The molecule has 2 rings (SSSR count). The third-order valence-corrected chi connectivity index (χ3v) is 5.48. The van der Waals surface area contributed by atoms with Gasteiger partial charge in [-0.15, -0.1) is 0 Å². The van der Waals surface area contributed by atoms with Crippen LogP contribution in [0.3, 0.4) is 0 Å². The van der Waals surface area contributed by atoms with Crippen molar-refractivity contribution in [2.24, 2.45) is 5.92 Å². The Balaban J connectivity index is 2.21. The molecule has 0 aliphatic carbocycles. The fourth-order valence-electron chi connectivity index (χ4n) is 2.63. The zero-order valence-electron chi connectivity index (χ0n) is 15.0. The van der Waals surface area contributed by atoms with Gasteiger partial charge in [-0.2, -0.15) is 0 Å². The molecule has 0 unspecified atom stereocenters. The van der Waals surface area contributed by atoms with Gasteiger partial charge in [-0.3, -0.25) is 14.5 Å². The predicted octanol–water partition coefficient (Wildman–Crippen LogP) is 4.51. The van der Waals surface area contributed by atoms with E-state index in [4.69, 9.17) is 9.47 Å². The fourth-order valence-corrected chi connectivity index (χ4v) is 4.14. The smallest absolute Gasteiger partial charge is 0.289 e. The first kappa shape index (κ1) is 20.1.